The normalized spacial score (nSPS) is 11.5. The Hall–Kier alpha value is -1.82. The Bertz CT molecular complexity index is 610. The molecule has 0 aliphatic rings. The summed E-state index contributed by atoms with van der Waals surface area (Å²) in [5, 5.41) is 0. The van der Waals surface area contributed by atoms with Crippen molar-refractivity contribution >= 4 is 17.0 Å². The van der Waals surface area contributed by atoms with Crippen LogP contribution in [0.15, 0.2) is 12.1 Å². The Morgan fingerprint density at radius 2 is 2.10 bits per heavy atom. The molecule has 0 fully saturated rings. The standard InChI is InChI=1S/C15H22FN3O2/c1-10(2)21-7-5-4-6-19-13-9-14(20-3)11(16)8-12(13)18-15(19)17/h8-10H,4-7H2,1-3H3,(H2,17,18). The molecule has 0 saturated carbocycles. The van der Waals surface area contributed by atoms with E-state index in [0.717, 1.165) is 31.5 Å². The molecule has 0 atom stereocenters. The summed E-state index contributed by atoms with van der Waals surface area (Å²) in [7, 11) is 1.44. The zero-order chi connectivity index (χ0) is 15.4. The van der Waals surface area contributed by atoms with Crippen LogP contribution in [0.25, 0.3) is 11.0 Å². The van der Waals surface area contributed by atoms with Gasteiger partial charge in [-0.1, -0.05) is 0 Å². The van der Waals surface area contributed by atoms with Crippen LogP contribution in [-0.4, -0.2) is 29.4 Å². The third-order valence-corrected chi connectivity index (χ3v) is 3.28. The maximum absolute atomic E-state index is 13.7. The molecule has 0 unspecified atom stereocenters. The molecular weight excluding hydrogens is 273 g/mol. The molecule has 21 heavy (non-hydrogen) atoms. The van der Waals surface area contributed by atoms with Gasteiger partial charge in [-0.3, -0.25) is 0 Å². The Kier molecular flexibility index (Phi) is 5.01. The van der Waals surface area contributed by atoms with Gasteiger partial charge < -0.3 is 19.8 Å². The number of unbranched alkanes of at least 4 members (excludes halogenated alkanes) is 1. The number of imidazole rings is 1. The number of hydrogen-bond donors (Lipinski definition) is 1. The summed E-state index contributed by atoms with van der Waals surface area (Å²) in [6.07, 6.45) is 2.11. The molecule has 6 heteroatoms. The SMILES string of the molecule is COc1cc2c(cc1F)nc(N)n2CCCCOC(C)C. The van der Waals surface area contributed by atoms with Crippen LogP contribution in [0.1, 0.15) is 26.7 Å². The first-order valence-electron chi connectivity index (χ1n) is 7.13. The summed E-state index contributed by atoms with van der Waals surface area (Å²) in [4.78, 5) is 4.19. The first kappa shape index (κ1) is 15.6. The lowest BCUT2D eigenvalue weighted by molar-refractivity contribution is 0.0755. The third kappa shape index (κ3) is 3.64. The molecule has 0 bridgehead atoms. The van der Waals surface area contributed by atoms with Gasteiger partial charge >= 0.3 is 0 Å². The molecule has 116 valence electrons. The van der Waals surface area contributed by atoms with Crippen molar-refractivity contribution in [3.63, 3.8) is 0 Å². The van der Waals surface area contributed by atoms with Gasteiger partial charge in [0.05, 0.1) is 24.2 Å². The van der Waals surface area contributed by atoms with Crippen molar-refractivity contribution in [2.75, 3.05) is 19.5 Å². The molecule has 0 aliphatic heterocycles. The number of fused-ring (bicyclic) bond motifs is 1. The number of nitrogens with zero attached hydrogens (tertiary/aromatic N) is 2. The number of anilines is 1. The number of aromatic nitrogens is 2. The summed E-state index contributed by atoms with van der Waals surface area (Å²) in [6, 6.07) is 2.99. The van der Waals surface area contributed by atoms with Crippen molar-refractivity contribution in [3.8, 4) is 5.75 Å². The molecule has 2 N–H and O–H groups in total. The van der Waals surface area contributed by atoms with E-state index in [0.29, 0.717) is 11.5 Å². The Morgan fingerprint density at radius 3 is 2.76 bits per heavy atom. The van der Waals surface area contributed by atoms with E-state index in [1.54, 1.807) is 6.07 Å². The first-order chi connectivity index (χ1) is 10.0. The highest BCUT2D eigenvalue weighted by molar-refractivity contribution is 5.80. The van der Waals surface area contributed by atoms with Gasteiger partial charge in [-0.05, 0) is 26.7 Å². The first-order valence-corrected chi connectivity index (χ1v) is 7.13. The Morgan fingerprint density at radius 1 is 1.33 bits per heavy atom. The van der Waals surface area contributed by atoms with Crippen LogP contribution < -0.4 is 10.5 Å². The average Bonchev–Trinajstić information content (AvgIpc) is 2.72. The van der Waals surface area contributed by atoms with Gasteiger partial charge in [0.25, 0.3) is 0 Å². The highest BCUT2D eigenvalue weighted by Gasteiger charge is 2.12. The van der Waals surface area contributed by atoms with E-state index in [1.807, 2.05) is 18.4 Å². The van der Waals surface area contributed by atoms with Crippen LogP contribution in [-0.2, 0) is 11.3 Å². The topological polar surface area (TPSA) is 62.3 Å². The number of aryl methyl sites for hydroxylation is 1. The van der Waals surface area contributed by atoms with Crippen molar-refractivity contribution in [1.29, 1.82) is 0 Å². The van der Waals surface area contributed by atoms with E-state index in [4.69, 9.17) is 15.2 Å². The second-order valence-electron chi connectivity index (χ2n) is 5.22. The van der Waals surface area contributed by atoms with Gasteiger partial charge in [-0.15, -0.1) is 0 Å². The minimum atomic E-state index is -0.431. The van der Waals surface area contributed by atoms with E-state index < -0.39 is 5.82 Å². The number of rotatable bonds is 7. The van der Waals surface area contributed by atoms with Crippen molar-refractivity contribution in [2.24, 2.45) is 0 Å². The van der Waals surface area contributed by atoms with E-state index in [1.165, 1.54) is 13.2 Å². The smallest absolute Gasteiger partial charge is 0.201 e. The fourth-order valence-corrected chi connectivity index (χ4v) is 2.23. The quantitative estimate of drug-likeness (QED) is 0.798. The lowest BCUT2D eigenvalue weighted by Crippen LogP contribution is -2.07. The zero-order valence-corrected chi connectivity index (χ0v) is 12.7. The van der Waals surface area contributed by atoms with Crippen molar-refractivity contribution < 1.29 is 13.9 Å². The number of benzene rings is 1. The van der Waals surface area contributed by atoms with E-state index in [-0.39, 0.29) is 11.9 Å². The average molecular weight is 295 g/mol. The van der Waals surface area contributed by atoms with Crippen LogP contribution in [0.3, 0.4) is 0 Å². The van der Waals surface area contributed by atoms with Crippen LogP contribution in [0, 0.1) is 5.82 Å². The minimum absolute atomic E-state index is 0.201. The molecule has 0 radical (unpaired) electrons. The number of hydrogen-bond acceptors (Lipinski definition) is 4. The molecule has 2 aromatic rings. The number of nitrogen functional groups attached to an aromatic ring is 1. The van der Waals surface area contributed by atoms with Crippen LogP contribution in [0.2, 0.25) is 0 Å². The van der Waals surface area contributed by atoms with Crippen LogP contribution in [0.5, 0.6) is 5.75 Å². The van der Waals surface area contributed by atoms with Gasteiger partial charge in [-0.2, -0.15) is 0 Å². The Balaban J connectivity index is 2.10. The number of ether oxygens (including phenoxy) is 2. The maximum Gasteiger partial charge on any atom is 0.201 e. The second kappa shape index (κ2) is 6.76. The number of methoxy groups -OCH3 is 1. The maximum atomic E-state index is 13.7. The van der Waals surface area contributed by atoms with Crippen LogP contribution >= 0.6 is 0 Å². The summed E-state index contributed by atoms with van der Waals surface area (Å²) >= 11 is 0. The molecule has 0 saturated heterocycles. The van der Waals surface area contributed by atoms with Gasteiger partial charge in [0.2, 0.25) is 5.95 Å². The molecule has 5 nitrogen and oxygen atoms in total. The largest absolute Gasteiger partial charge is 0.494 e. The molecule has 1 heterocycles. The fraction of sp³-hybridized carbons (Fsp3) is 0.533. The summed E-state index contributed by atoms with van der Waals surface area (Å²) < 4.78 is 26.1. The highest BCUT2D eigenvalue weighted by atomic mass is 19.1. The minimum Gasteiger partial charge on any atom is -0.494 e. The summed E-state index contributed by atoms with van der Waals surface area (Å²) in [5.41, 5.74) is 7.25. The third-order valence-electron chi connectivity index (χ3n) is 3.28. The molecular formula is C15H22FN3O2. The van der Waals surface area contributed by atoms with Crippen molar-refractivity contribution in [2.45, 2.75) is 39.3 Å². The highest BCUT2D eigenvalue weighted by Crippen LogP contribution is 2.26. The van der Waals surface area contributed by atoms with Gasteiger partial charge in [0.15, 0.2) is 11.6 Å². The van der Waals surface area contributed by atoms with Gasteiger partial charge in [0.1, 0.15) is 0 Å². The van der Waals surface area contributed by atoms with E-state index in [2.05, 4.69) is 4.98 Å². The molecule has 1 aromatic carbocycles. The molecule has 0 spiro atoms. The predicted molar refractivity (Wildman–Crippen MR) is 81.0 cm³/mol. The zero-order valence-electron chi connectivity index (χ0n) is 12.7. The number of nitrogens with two attached hydrogens (primary N) is 1. The van der Waals surface area contributed by atoms with Crippen molar-refractivity contribution in [1.82, 2.24) is 9.55 Å². The van der Waals surface area contributed by atoms with Crippen LogP contribution in [0.4, 0.5) is 10.3 Å². The second-order valence-corrected chi connectivity index (χ2v) is 5.22. The molecule has 1 aromatic heterocycles. The van der Waals surface area contributed by atoms with Gasteiger partial charge in [-0.25, -0.2) is 9.37 Å². The predicted octanol–water partition coefficient (Wildman–Crippen LogP) is 2.97. The lowest BCUT2D eigenvalue weighted by atomic mass is 10.2. The molecule has 0 amide bonds. The summed E-state index contributed by atoms with van der Waals surface area (Å²) in [6.45, 7) is 5.48. The van der Waals surface area contributed by atoms with E-state index >= 15 is 0 Å². The monoisotopic (exact) mass is 295 g/mol. The van der Waals surface area contributed by atoms with E-state index in [9.17, 15) is 4.39 Å². The molecule has 0 aliphatic carbocycles. The Labute approximate surface area is 123 Å². The fourth-order valence-electron chi connectivity index (χ4n) is 2.23. The lowest BCUT2D eigenvalue weighted by Gasteiger charge is -2.09. The van der Waals surface area contributed by atoms with Crippen molar-refractivity contribution in [3.05, 3.63) is 17.9 Å². The summed E-state index contributed by atoms with van der Waals surface area (Å²) in [5.74, 6) is 0.161. The van der Waals surface area contributed by atoms with Gasteiger partial charge in [0, 0.05) is 25.3 Å². The number of halogens is 1. The molecule has 2 rings (SSSR count).